The standard InChI is InChI=1S/C11H13ClFNO5S/c1-11(2,3)19-14-20(17,18)6-4-7(10(15)16)9(12)8(13)5-6/h4-5,14H,1-3H3,(H,15,16). The topological polar surface area (TPSA) is 92.7 Å². The second-order valence-electron chi connectivity index (χ2n) is 4.87. The maximum Gasteiger partial charge on any atom is 0.337 e. The van der Waals surface area contributed by atoms with E-state index >= 15 is 0 Å². The Labute approximate surface area is 120 Å². The fourth-order valence-electron chi connectivity index (χ4n) is 1.10. The zero-order valence-electron chi connectivity index (χ0n) is 10.9. The Bertz CT molecular complexity index is 639. The summed E-state index contributed by atoms with van der Waals surface area (Å²) in [5.41, 5.74) is -1.46. The average Bonchev–Trinajstić information content (AvgIpc) is 2.28. The van der Waals surface area contributed by atoms with E-state index in [9.17, 15) is 17.6 Å². The fraction of sp³-hybridized carbons (Fsp3) is 0.364. The maximum atomic E-state index is 13.5. The number of rotatable bonds is 4. The van der Waals surface area contributed by atoms with Crippen LogP contribution in [0.4, 0.5) is 4.39 Å². The van der Waals surface area contributed by atoms with E-state index in [0.717, 1.165) is 6.07 Å². The van der Waals surface area contributed by atoms with E-state index in [1.807, 2.05) is 0 Å². The molecule has 0 unspecified atom stereocenters. The van der Waals surface area contributed by atoms with Gasteiger partial charge in [0.1, 0.15) is 5.82 Å². The molecular formula is C11H13ClFNO5S. The Kier molecular flexibility index (Phi) is 4.75. The van der Waals surface area contributed by atoms with Gasteiger partial charge in [-0.1, -0.05) is 16.5 Å². The van der Waals surface area contributed by atoms with Gasteiger partial charge in [-0.25, -0.2) is 17.6 Å². The van der Waals surface area contributed by atoms with E-state index in [1.54, 1.807) is 25.7 Å². The Morgan fingerprint density at radius 1 is 1.40 bits per heavy atom. The van der Waals surface area contributed by atoms with E-state index in [4.69, 9.17) is 21.5 Å². The van der Waals surface area contributed by atoms with Gasteiger partial charge in [-0.05, 0) is 32.9 Å². The minimum atomic E-state index is -4.22. The van der Waals surface area contributed by atoms with Crippen molar-refractivity contribution in [2.24, 2.45) is 0 Å². The number of halogens is 2. The van der Waals surface area contributed by atoms with Crippen molar-refractivity contribution in [3.63, 3.8) is 0 Å². The number of nitrogens with one attached hydrogen (secondary N) is 1. The molecule has 0 atom stereocenters. The number of hydrogen-bond donors (Lipinski definition) is 2. The second-order valence-corrected chi connectivity index (χ2v) is 6.90. The van der Waals surface area contributed by atoms with Gasteiger partial charge >= 0.3 is 5.97 Å². The summed E-state index contributed by atoms with van der Waals surface area (Å²) in [4.78, 5) is 17.0. The van der Waals surface area contributed by atoms with Crippen LogP contribution in [0.3, 0.4) is 0 Å². The molecule has 9 heteroatoms. The quantitative estimate of drug-likeness (QED) is 0.828. The lowest BCUT2D eigenvalue weighted by Crippen LogP contribution is -2.33. The summed E-state index contributed by atoms with van der Waals surface area (Å²) in [6.07, 6.45) is 0. The lowest BCUT2D eigenvalue weighted by Gasteiger charge is -2.19. The molecule has 112 valence electrons. The molecular weight excluding hydrogens is 313 g/mol. The first kappa shape index (κ1) is 16.8. The van der Waals surface area contributed by atoms with Crippen molar-refractivity contribution in [1.82, 2.24) is 4.89 Å². The van der Waals surface area contributed by atoms with Crippen molar-refractivity contribution in [2.75, 3.05) is 0 Å². The molecule has 2 N–H and O–H groups in total. The third kappa shape index (κ3) is 4.14. The van der Waals surface area contributed by atoms with Crippen molar-refractivity contribution in [3.05, 3.63) is 28.5 Å². The number of benzene rings is 1. The molecule has 0 aliphatic rings. The van der Waals surface area contributed by atoms with Crippen LogP contribution in [0.15, 0.2) is 17.0 Å². The summed E-state index contributed by atoms with van der Waals surface area (Å²) < 4.78 is 37.2. The predicted octanol–water partition coefficient (Wildman–Crippen LogP) is 2.19. The highest BCUT2D eigenvalue weighted by molar-refractivity contribution is 7.89. The fourth-order valence-corrected chi connectivity index (χ4v) is 2.28. The van der Waals surface area contributed by atoms with Gasteiger partial charge in [-0.3, -0.25) is 4.84 Å². The molecule has 0 radical (unpaired) electrons. The molecule has 1 aromatic carbocycles. The zero-order chi connectivity index (χ0) is 15.7. The summed E-state index contributed by atoms with van der Waals surface area (Å²) >= 11 is 5.46. The third-order valence-corrected chi connectivity index (χ3v) is 3.54. The van der Waals surface area contributed by atoms with E-state index in [1.165, 1.54) is 0 Å². The molecule has 0 bridgehead atoms. The highest BCUT2D eigenvalue weighted by Crippen LogP contribution is 2.24. The Balaban J connectivity index is 3.23. The molecule has 1 rings (SSSR count). The number of carboxylic acids is 1. The zero-order valence-corrected chi connectivity index (χ0v) is 12.5. The van der Waals surface area contributed by atoms with E-state index < -0.39 is 42.9 Å². The van der Waals surface area contributed by atoms with E-state index in [2.05, 4.69) is 0 Å². The number of hydrogen-bond acceptors (Lipinski definition) is 4. The SMILES string of the molecule is CC(C)(C)ONS(=O)(=O)c1cc(F)c(Cl)c(C(=O)O)c1. The maximum absolute atomic E-state index is 13.5. The van der Waals surface area contributed by atoms with Crippen LogP contribution in [-0.2, 0) is 14.9 Å². The molecule has 0 saturated heterocycles. The molecule has 0 amide bonds. The first-order valence-electron chi connectivity index (χ1n) is 5.36. The van der Waals surface area contributed by atoms with Crippen LogP contribution < -0.4 is 4.89 Å². The minimum absolute atomic E-state index is 0.596. The number of carbonyl (C=O) groups is 1. The number of carboxylic acid groups (broad SMARTS) is 1. The molecule has 0 saturated carbocycles. The van der Waals surface area contributed by atoms with Gasteiger partial charge in [0.15, 0.2) is 0 Å². The second kappa shape index (κ2) is 5.65. The highest BCUT2D eigenvalue weighted by Gasteiger charge is 2.24. The van der Waals surface area contributed by atoms with Crippen molar-refractivity contribution in [2.45, 2.75) is 31.3 Å². The van der Waals surface area contributed by atoms with Crippen LogP contribution in [0.1, 0.15) is 31.1 Å². The molecule has 20 heavy (non-hydrogen) atoms. The lowest BCUT2D eigenvalue weighted by molar-refractivity contribution is -0.0357. The summed E-state index contributed by atoms with van der Waals surface area (Å²) in [7, 11) is -4.22. The van der Waals surface area contributed by atoms with Crippen molar-refractivity contribution >= 4 is 27.6 Å². The van der Waals surface area contributed by atoms with Crippen LogP contribution in [0, 0.1) is 5.82 Å². The van der Waals surface area contributed by atoms with Crippen molar-refractivity contribution < 1.29 is 27.5 Å². The monoisotopic (exact) mass is 325 g/mol. The molecule has 6 nitrogen and oxygen atoms in total. The minimum Gasteiger partial charge on any atom is -0.478 e. The Hall–Kier alpha value is -1.22. The molecule has 0 aromatic heterocycles. The van der Waals surface area contributed by atoms with Crippen LogP contribution in [-0.4, -0.2) is 25.1 Å². The Morgan fingerprint density at radius 3 is 2.40 bits per heavy atom. The predicted molar refractivity (Wildman–Crippen MR) is 69.5 cm³/mol. The van der Waals surface area contributed by atoms with Gasteiger partial charge in [0, 0.05) is 0 Å². The van der Waals surface area contributed by atoms with Gasteiger partial charge < -0.3 is 5.11 Å². The number of sulfonamides is 1. The first-order valence-corrected chi connectivity index (χ1v) is 7.22. The third-order valence-electron chi connectivity index (χ3n) is 2.00. The van der Waals surface area contributed by atoms with Crippen molar-refractivity contribution in [1.29, 1.82) is 0 Å². The molecule has 0 heterocycles. The molecule has 1 aromatic rings. The molecule has 0 fully saturated rings. The van der Waals surface area contributed by atoms with Gasteiger partial charge in [0.05, 0.1) is 21.1 Å². The van der Waals surface area contributed by atoms with Crippen molar-refractivity contribution in [3.8, 4) is 0 Å². The largest absolute Gasteiger partial charge is 0.478 e. The van der Waals surface area contributed by atoms with Gasteiger partial charge in [-0.2, -0.15) is 0 Å². The summed E-state index contributed by atoms with van der Waals surface area (Å²) in [5, 5.41) is 8.18. The number of aromatic carboxylic acids is 1. The van der Waals surface area contributed by atoms with Crippen LogP contribution in [0.25, 0.3) is 0 Å². The summed E-state index contributed by atoms with van der Waals surface area (Å²) in [6, 6.07) is 1.37. The first-order chi connectivity index (χ1) is 8.94. The van der Waals surface area contributed by atoms with E-state index in [-0.39, 0.29) is 0 Å². The van der Waals surface area contributed by atoms with Gasteiger partial charge in [0.2, 0.25) is 0 Å². The Morgan fingerprint density at radius 2 is 1.95 bits per heavy atom. The molecule has 0 aliphatic heterocycles. The summed E-state index contributed by atoms with van der Waals surface area (Å²) in [5.74, 6) is -2.69. The molecule has 0 aliphatic carbocycles. The van der Waals surface area contributed by atoms with E-state index in [0.29, 0.717) is 6.07 Å². The van der Waals surface area contributed by atoms with Gasteiger partial charge in [0.25, 0.3) is 10.0 Å². The van der Waals surface area contributed by atoms with Crippen LogP contribution in [0.5, 0.6) is 0 Å². The molecule has 0 spiro atoms. The average molecular weight is 326 g/mol. The highest BCUT2D eigenvalue weighted by atomic mass is 35.5. The lowest BCUT2D eigenvalue weighted by atomic mass is 10.2. The normalized spacial score (nSPS) is 12.4. The smallest absolute Gasteiger partial charge is 0.337 e. The van der Waals surface area contributed by atoms with Crippen LogP contribution in [0.2, 0.25) is 5.02 Å². The van der Waals surface area contributed by atoms with Gasteiger partial charge in [-0.15, -0.1) is 0 Å². The summed E-state index contributed by atoms with van der Waals surface area (Å²) in [6.45, 7) is 4.79. The van der Waals surface area contributed by atoms with Crippen LogP contribution >= 0.6 is 11.6 Å².